The lowest BCUT2D eigenvalue weighted by atomic mass is 10.4. The van der Waals surface area contributed by atoms with Gasteiger partial charge >= 0.3 is 5.69 Å². The minimum atomic E-state index is -0.266. The minimum absolute atomic E-state index is 0.171. The van der Waals surface area contributed by atoms with Crippen molar-refractivity contribution in [3.63, 3.8) is 0 Å². The zero-order valence-corrected chi connectivity index (χ0v) is 11.1. The molecule has 0 unspecified atom stereocenters. The molecule has 0 aromatic carbocycles. The van der Waals surface area contributed by atoms with Gasteiger partial charge < -0.3 is 5.73 Å². The molecule has 4 N–H and O–H groups in total. The molecule has 0 spiro atoms. The summed E-state index contributed by atoms with van der Waals surface area (Å²) in [5.41, 5.74) is 5.46. The van der Waals surface area contributed by atoms with Crippen molar-refractivity contribution in [2.45, 2.75) is 30.1 Å². The van der Waals surface area contributed by atoms with Gasteiger partial charge in [0.2, 0.25) is 0 Å². The van der Waals surface area contributed by atoms with E-state index in [4.69, 9.17) is 11.1 Å². The highest BCUT2D eigenvalue weighted by Gasteiger charge is 2.14. The molecule has 0 fully saturated rings. The van der Waals surface area contributed by atoms with Gasteiger partial charge in [0.1, 0.15) is 16.6 Å². The van der Waals surface area contributed by atoms with Crippen LogP contribution >= 0.6 is 11.8 Å². The summed E-state index contributed by atoms with van der Waals surface area (Å²) in [5.74, 6) is -0.171. The molecular formula is C10H13N7OS. The maximum Gasteiger partial charge on any atom is 0.343 e. The summed E-state index contributed by atoms with van der Waals surface area (Å²) in [4.78, 5) is 19.7. The molecule has 0 aliphatic carbocycles. The number of amidine groups is 1. The summed E-state index contributed by atoms with van der Waals surface area (Å²) in [6, 6.07) is 0. The van der Waals surface area contributed by atoms with Crippen molar-refractivity contribution < 1.29 is 0 Å². The largest absolute Gasteiger partial charge is 0.382 e. The van der Waals surface area contributed by atoms with Gasteiger partial charge in [-0.05, 0) is 18.2 Å². The van der Waals surface area contributed by atoms with Gasteiger partial charge in [0.15, 0.2) is 5.16 Å². The fourth-order valence-corrected chi connectivity index (χ4v) is 2.39. The summed E-state index contributed by atoms with van der Waals surface area (Å²) < 4.78 is 1.52. The van der Waals surface area contributed by atoms with Gasteiger partial charge in [-0.1, -0.05) is 6.92 Å². The maximum absolute atomic E-state index is 11.6. The summed E-state index contributed by atoms with van der Waals surface area (Å²) >= 11 is 1.16. The standard InChI is InChI=1S/C10H13N7OS/c1-2-5-17-9(18)15-16-10(17)19-8-6(7(11)12)13-3-4-14-8/h3-4H,2,5H2,1H3,(H3,11,12)(H,15,18). The van der Waals surface area contributed by atoms with Crippen molar-refractivity contribution >= 4 is 17.6 Å². The van der Waals surface area contributed by atoms with Crippen LogP contribution in [0.3, 0.4) is 0 Å². The minimum Gasteiger partial charge on any atom is -0.382 e. The van der Waals surface area contributed by atoms with Gasteiger partial charge in [-0.3, -0.25) is 9.98 Å². The van der Waals surface area contributed by atoms with E-state index in [0.717, 1.165) is 18.2 Å². The quantitative estimate of drug-likeness (QED) is 0.530. The second-order valence-corrected chi connectivity index (χ2v) is 4.64. The molecule has 2 aromatic heterocycles. The number of rotatable bonds is 5. The average Bonchev–Trinajstić information content (AvgIpc) is 2.72. The van der Waals surface area contributed by atoms with Crippen LogP contribution in [-0.2, 0) is 6.54 Å². The predicted molar refractivity (Wildman–Crippen MR) is 70.3 cm³/mol. The van der Waals surface area contributed by atoms with Crippen LogP contribution in [0, 0.1) is 5.41 Å². The highest BCUT2D eigenvalue weighted by molar-refractivity contribution is 7.99. The Balaban J connectivity index is 2.37. The highest BCUT2D eigenvalue weighted by atomic mass is 32.2. The first kappa shape index (κ1) is 13.3. The first-order chi connectivity index (χ1) is 9.13. The van der Waals surface area contributed by atoms with E-state index in [2.05, 4.69) is 20.2 Å². The molecule has 2 aromatic rings. The van der Waals surface area contributed by atoms with E-state index in [-0.39, 0.29) is 17.2 Å². The number of nitrogen functional groups attached to an aromatic ring is 1. The van der Waals surface area contributed by atoms with Gasteiger partial charge in [0.05, 0.1) is 0 Å². The van der Waals surface area contributed by atoms with E-state index in [1.165, 1.54) is 17.0 Å². The molecule has 2 rings (SSSR count). The van der Waals surface area contributed by atoms with Crippen molar-refractivity contribution in [1.29, 1.82) is 5.41 Å². The molecule has 0 aliphatic heterocycles. The lowest BCUT2D eigenvalue weighted by molar-refractivity contribution is 0.603. The third kappa shape index (κ3) is 2.81. The number of nitrogens with zero attached hydrogens (tertiary/aromatic N) is 4. The first-order valence-corrected chi connectivity index (χ1v) is 6.43. The average molecular weight is 279 g/mol. The molecular weight excluding hydrogens is 266 g/mol. The molecule has 19 heavy (non-hydrogen) atoms. The van der Waals surface area contributed by atoms with Crippen molar-refractivity contribution in [3.8, 4) is 0 Å². The van der Waals surface area contributed by atoms with Gasteiger partial charge in [-0.2, -0.15) is 0 Å². The second-order valence-electron chi connectivity index (χ2n) is 3.69. The van der Waals surface area contributed by atoms with Crippen LogP contribution in [-0.4, -0.2) is 30.6 Å². The van der Waals surface area contributed by atoms with E-state index in [0.29, 0.717) is 16.7 Å². The summed E-state index contributed by atoms with van der Waals surface area (Å²) in [6.45, 7) is 2.53. The maximum atomic E-state index is 11.6. The molecule has 0 saturated heterocycles. The molecule has 0 saturated carbocycles. The molecule has 9 heteroatoms. The van der Waals surface area contributed by atoms with Crippen LogP contribution in [0.15, 0.2) is 27.4 Å². The van der Waals surface area contributed by atoms with E-state index in [1.807, 2.05) is 6.92 Å². The number of hydrogen-bond donors (Lipinski definition) is 3. The zero-order valence-electron chi connectivity index (χ0n) is 10.3. The Labute approximate surface area is 113 Å². The van der Waals surface area contributed by atoms with E-state index >= 15 is 0 Å². The lowest BCUT2D eigenvalue weighted by Crippen LogP contribution is -2.18. The molecule has 0 bridgehead atoms. The van der Waals surface area contributed by atoms with Crippen LogP contribution < -0.4 is 11.4 Å². The molecule has 0 atom stereocenters. The van der Waals surface area contributed by atoms with Crippen LogP contribution in [0.25, 0.3) is 0 Å². The number of aromatic amines is 1. The smallest absolute Gasteiger partial charge is 0.343 e. The molecule has 0 aliphatic rings. The number of aromatic nitrogens is 5. The number of H-pyrrole nitrogens is 1. The third-order valence-electron chi connectivity index (χ3n) is 2.28. The van der Waals surface area contributed by atoms with E-state index in [9.17, 15) is 4.79 Å². The van der Waals surface area contributed by atoms with Crippen LogP contribution in [0.4, 0.5) is 0 Å². The summed E-state index contributed by atoms with van der Waals surface area (Å²) in [7, 11) is 0. The normalized spacial score (nSPS) is 10.6. The summed E-state index contributed by atoms with van der Waals surface area (Å²) in [5, 5.41) is 14.7. The molecule has 100 valence electrons. The number of nitrogens with two attached hydrogens (primary N) is 1. The number of nitrogens with one attached hydrogen (secondary N) is 2. The van der Waals surface area contributed by atoms with Crippen LogP contribution in [0.1, 0.15) is 19.0 Å². The fourth-order valence-electron chi connectivity index (χ4n) is 1.47. The summed E-state index contributed by atoms with van der Waals surface area (Å²) in [6.07, 6.45) is 3.78. The Morgan fingerprint density at radius 3 is 2.95 bits per heavy atom. The Bertz CT molecular complexity index is 647. The van der Waals surface area contributed by atoms with Crippen molar-refractivity contribution in [2.75, 3.05) is 0 Å². The Hall–Kier alpha value is -2.16. The van der Waals surface area contributed by atoms with Crippen LogP contribution in [0.5, 0.6) is 0 Å². The molecule has 8 nitrogen and oxygen atoms in total. The Morgan fingerprint density at radius 1 is 1.53 bits per heavy atom. The van der Waals surface area contributed by atoms with Gasteiger partial charge in [-0.15, -0.1) is 5.10 Å². The van der Waals surface area contributed by atoms with Crippen molar-refractivity contribution in [2.24, 2.45) is 5.73 Å². The zero-order chi connectivity index (χ0) is 13.8. The highest BCUT2D eigenvalue weighted by Crippen LogP contribution is 2.24. The third-order valence-corrected chi connectivity index (χ3v) is 3.26. The lowest BCUT2D eigenvalue weighted by Gasteiger charge is -2.05. The number of hydrogen-bond acceptors (Lipinski definition) is 6. The van der Waals surface area contributed by atoms with E-state index < -0.39 is 0 Å². The Kier molecular flexibility index (Phi) is 3.95. The molecule has 0 radical (unpaired) electrons. The van der Waals surface area contributed by atoms with E-state index in [1.54, 1.807) is 0 Å². The van der Waals surface area contributed by atoms with Gasteiger partial charge in [-0.25, -0.2) is 19.9 Å². The molecule has 0 amide bonds. The Morgan fingerprint density at radius 2 is 2.26 bits per heavy atom. The fraction of sp³-hybridized carbons (Fsp3) is 0.300. The van der Waals surface area contributed by atoms with Crippen LogP contribution in [0.2, 0.25) is 0 Å². The van der Waals surface area contributed by atoms with Gasteiger partial charge in [0, 0.05) is 18.9 Å². The molecule has 2 heterocycles. The topological polar surface area (TPSA) is 126 Å². The van der Waals surface area contributed by atoms with Gasteiger partial charge in [0.25, 0.3) is 0 Å². The first-order valence-electron chi connectivity index (χ1n) is 5.62. The predicted octanol–water partition coefficient (Wildman–Crippen LogP) is 0.207. The second kappa shape index (κ2) is 5.65. The van der Waals surface area contributed by atoms with Crippen molar-refractivity contribution in [3.05, 3.63) is 28.6 Å². The van der Waals surface area contributed by atoms with Crippen molar-refractivity contribution in [1.82, 2.24) is 24.7 Å². The SMILES string of the molecule is CCCn1c(Sc2nccnc2C(=N)N)n[nH]c1=O. The monoisotopic (exact) mass is 279 g/mol.